The van der Waals surface area contributed by atoms with Gasteiger partial charge in [0.2, 0.25) is 5.91 Å². The van der Waals surface area contributed by atoms with Crippen molar-refractivity contribution in [1.82, 2.24) is 19.7 Å². The molecule has 8 nitrogen and oxygen atoms in total. The van der Waals surface area contributed by atoms with E-state index in [1.165, 1.54) is 22.9 Å². The number of para-hydroxylation sites is 1. The highest BCUT2D eigenvalue weighted by Crippen LogP contribution is 2.32. The third-order valence-electron chi connectivity index (χ3n) is 4.76. The maximum Gasteiger partial charge on any atom is 0.224 e. The van der Waals surface area contributed by atoms with Crippen molar-refractivity contribution in [2.24, 2.45) is 0 Å². The molecule has 0 atom stereocenters. The van der Waals surface area contributed by atoms with Gasteiger partial charge in [-0.15, -0.1) is 0 Å². The van der Waals surface area contributed by atoms with Crippen molar-refractivity contribution in [3.05, 3.63) is 59.7 Å². The molecule has 2 aromatic heterocycles. The van der Waals surface area contributed by atoms with Crippen LogP contribution in [0.3, 0.4) is 0 Å². The van der Waals surface area contributed by atoms with Gasteiger partial charge < -0.3 is 16.8 Å². The Morgan fingerprint density at radius 1 is 1.03 bits per heavy atom. The summed E-state index contributed by atoms with van der Waals surface area (Å²) in [6, 6.07) is 10.7. The second kappa shape index (κ2) is 7.98. The maximum atomic E-state index is 14.7. The Hall–Kier alpha value is -4.08. The smallest absolute Gasteiger partial charge is 0.224 e. The molecule has 4 aromatic rings. The topological polar surface area (TPSA) is 125 Å². The summed E-state index contributed by atoms with van der Waals surface area (Å²) in [5.74, 6) is -1.27. The molecule has 31 heavy (non-hydrogen) atoms. The SMILES string of the molecule is CCC(=O)Nc1c(N)nc(-c2nn(Cc3ccccc3F)c3c(F)cccc23)nc1N. The number of aromatic nitrogens is 4. The normalized spacial score (nSPS) is 11.1. The van der Waals surface area contributed by atoms with Gasteiger partial charge in [-0.25, -0.2) is 18.7 Å². The van der Waals surface area contributed by atoms with Gasteiger partial charge in [-0.1, -0.05) is 37.3 Å². The minimum absolute atomic E-state index is 0.000286. The number of rotatable bonds is 5. The molecule has 0 aliphatic heterocycles. The molecule has 0 bridgehead atoms. The van der Waals surface area contributed by atoms with Crippen LogP contribution in [0.1, 0.15) is 18.9 Å². The summed E-state index contributed by atoms with van der Waals surface area (Å²) in [5, 5.41) is 7.41. The van der Waals surface area contributed by atoms with Gasteiger partial charge in [0, 0.05) is 17.4 Å². The molecule has 0 saturated heterocycles. The number of carbonyl (C=O) groups excluding carboxylic acids is 1. The van der Waals surface area contributed by atoms with Crippen molar-refractivity contribution in [3.8, 4) is 11.5 Å². The Morgan fingerprint density at radius 2 is 1.71 bits per heavy atom. The number of halogens is 2. The van der Waals surface area contributed by atoms with E-state index in [9.17, 15) is 13.6 Å². The molecule has 4 rings (SSSR count). The Kier molecular flexibility index (Phi) is 5.20. The first kappa shape index (κ1) is 20.2. The van der Waals surface area contributed by atoms with Gasteiger partial charge in [0.05, 0.1) is 6.54 Å². The van der Waals surface area contributed by atoms with E-state index in [1.807, 2.05) is 0 Å². The van der Waals surface area contributed by atoms with E-state index in [4.69, 9.17) is 11.5 Å². The highest BCUT2D eigenvalue weighted by Gasteiger charge is 2.21. The molecule has 0 saturated carbocycles. The van der Waals surface area contributed by atoms with Crippen LogP contribution in [-0.2, 0) is 11.3 Å². The zero-order valence-corrected chi connectivity index (χ0v) is 16.6. The number of fused-ring (bicyclic) bond motifs is 1. The van der Waals surface area contributed by atoms with E-state index in [0.29, 0.717) is 10.9 Å². The minimum atomic E-state index is -0.527. The summed E-state index contributed by atoms with van der Waals surface area (Å²) in [6.45, 7) is 1.68. The van der Waals surface area contributed by atoms with E-state index in [2.05, 4.69) is 20.4 Å². The molecule has 0 fully saturated rings. The molecule has 0 aliphatic rings. The Bertz CT molecular complexity index is 1280. The Labute approximate surface area is 175 Å². The molecule has 0 spiro atoms. The van der Waals surface area contributed by atoms with Crippen molar-refractivity contribution in [2.45, 2.75) is 19.9 Å². The number of anilines is 3. The average molecular weight is 423 g/mol. The highest BCUT2D eigenvalue weighted by molar-refractivity contribution is 5.97. The lowest BCUT2D eigenvalue weighted by Crippen LogP contribution is -2.15. The van der Waals surface area contributed by atoms with Crippen LogP contribution in [0.2, 0.25) is 0 Å². The van der Waals surface area contributed by atoms with Crippen molar-refractivity contribution in [1.29, 1.82) is 0 Å². The molecule has 0 unspecified atom stereocenters. The van der Waals surface area contributed by atoms with E-state index in [1.54, 1.807) is 31.2 Å². The fourth-order valence-electron chi connectivity index (χ4n) is 3.22. The van der Waals surface area contributed by atoms with E-state index >= 15 is 0 Å². The fourth-order valence-corrected chi connectivity index (χ4v) is 3.22. The molecule has 1 amide bonds. The van der Waals surface area contributed by atoms with Crippen molar-refractivity contribution < 1.29 is 13.6 Å². The molecule has 0 aliphatic carbocycles. The van der Waals surface area contributed by atoms with Crippen LogP contribution < -0.4 is 16.8 Å². The van der Waals surface area contributed by atoms with Crippen LogP contribution in [0.5, 0.6) is 0 Å². The number of hydrogen-bond donors (Lipinski definition) is 3. The molecule has 2 aromatic carbocycles. The van der Waals surface area contributed by atoms with Gasteiger partial charge in [-0.3, -0.25) is 9.48 Å². The number of carbonyl (C=O) groups is 1. The summed E-state index contributed by atoms with van der Waals surface area (Å²) in [7, 11) is 0. The monoisotopic (exact) mass is 423 g/mol. The first-order valence-corrected chi connectivity index (χ1v) is 9.50. The molecule has 5 N–H and O–H groups in total. The van der Waals surface area contributed by atoms with Crippen LogP contribution >= 0.6 is 0 Å². The molecular formula is C21H19F2N7O. The van der Waals surface area contributed by atoms with Crippen LogP contribution in [0.25, 0.3) is 22.4 Å². The van der Waals surface area contributed by atoms with Crippen LogP contribution in [0.4, 0.5) is 26.1 Å². The number of hydrogen-bond acceptors (Lipinski definition) is 6. The number of nitrogens with zero attached hydrogens (tertiary/aromatic N) is 4. The van der Waals surface area contributed by atoms with E-state index in [0.717, 1.165) is 0 Å². The van der Waals surface area contributed by atoms with Crippen molar-refractivity contribution in [2.75, 3.05) is 16.8 Å². The molecule has 2 heterocycles. The first-order chi connectivity index (χ1) is 14.9. The lowest BCUT2D eigenvalue weighted by atomic mass is 10.2. The predicted molar refractivity (Wildman–Crippen MR) is 114 cm³/mol. The highest BCUT2D eigenvalue weighted by atomic mass is 19.1. The van der Waals surface area contributed by atoms with Gasteiger partial charge >= 0.3 is 0 Å². The summed E-state index contributed by atoms with van der Waals surface area (Å²) < 4.78 is 30.2. The molecule has 10 heteroatoms. The third kappa shape index (κ3) is 3.75. The largest absolute Gasteiger partial charge is 0.382 e. The van der Waals surface area contributed by atoms with Gasteiger partial charge in [0.1, 0.15) is 28.5 Å². The standard InChI is InChI=1S/C21H19F2N7O/c1-2-15(31)26-17-19(24)27-21(28-20(17)25)16-12-7-5-9-14(23)18(12)30(29-16)10-11-6-3-4-8-13(11)22/h3-9H,2,10H2,1H3,(H,26,31)(H4,24,25,27,28). The fraction of sp³-hybridized carbons (Fsp3) is 0.143. The van der Waals surface area contributed by atoms with E-state index in [-0.39, 0.29) is 53.2 Å². The van der Waals surface area contributed by atoms with Gasteiger partial charge in [-0.2, -0.15) is 5.10 Å². The van der Waals surface area contributed by atoms with Gasteiger partial charge in [0.25, 0.3) is 0 Å². The summed E-state index contributed by atoms with van der Waals surface area (Å²) in [4.78, 5) is 20.1. The first-order valence-electron chi connectivity index (χ1n) is 9.50. The van der Waals surface area contributed by atoms with Gasteiger partial charge in [0.15, 0.2) is 17.5 Å². The number of benzene rings is 2. The van der Waals surface area contributed by atoms with Gasteiger partial charge in [-0.05, 0) is 12.1 Å². The number of nitrogens with one attached hydrogen (secondary N) is 1. The number of amides is 1. The van der Waals surface area contributed by atoms with Crippen LogP contribution in [0.15, 0.2) is 42.5 Å². The third-order valence-corrected chi connectivity index (χ3v) is 4.76. The average Bonchev–Trinajstić information content (AvgIpc) is 3.12. The molecule has 0 radical (unpaired) electrons. The second-order valence-electron chi connectivity index (χ2n) is 6.83. The second-order valence-corrected chi connectivity index (χ2v) is 6.83. The summed E-state index contributed by atoms with van der Waals surface area (Å²) in [5.41, 5.74) is 12.8. The quantitative estimate of drug-likeness (QED) is 0.452. The lowest BCUT2D eigenvalue weighted by molar-refractivity contribution is -0.115. The molecule has 158 valence electrons. The minimum Gasteiger partial charge on any atom is -0.382 e. The Balaban J connectivity index is 1.85. The predicted octanol–water partition coefficient (Wildman–Crippen LogP) is 3.33. The van der Waals surface area contributed by atoms with Crippen LogP contribution in [0, 0.1) is 11.6 Å². The molecular weight excluding hydrogens is 404 g/mol. The zero-order chi connectivity index (χ0) is 22.1. The van der Waals surface area contributed by atoms with Crippen LogP contribution in [-0.4, -0.2) is 25.7 Å². The summed E-state index contributed by atoms with van der Waals surface area (Å²) in [6.07, 6.45) is 0.227. The summed E-state index contributed by atoms with van der Waals surface area (Å²) >= 11 is 0. The van der Waals surface area contributed by atoms with Crippen molar-refractivity contribution in [3.63, 3.8) is 0 Å². The zero-order valence-electron chi connectivity index (χ0n) is 16.6. The number of nitrogens with two attached hydrogens (primary N) is 2. The maximum absolute atomic E-state index is 14.7. The Morgan fingerprint density at radius 3 is 2.39 bits per heavy atom. The van der Waals surface area contributed by atoms with E-state index < -0.39 is 11.6 Å². The number of nitrogen functional groups attached to an aromatic ring is 2. The lowest BCUT2D eigenvalue weighted by Gasteiger charge is -2.10. The van der Waals surface area contributed by atoms with Crippen molar-refractivity contribution >= 4 is 34.1 Å².